The van der Waals surface area contributed by atoms with Crippen molar-refractivity contribution in [2.24, 2.45) is 0 Å². The predicted molar refractivity (Wildman–Crippen MR) is 92.9 cm³/mol. The van der Waals surface area contributed by atoms with Crippen molar-refractivity contribution in [1.29, 1.82) is 0 Å². The van der Waals surface area contributed by atoms with Crippen LogP contribution in [0.2, 0.25) is 0 Å². The quantitative estimate of drug-likeness (QED) is 0.854. The second kappa shape index (κ2) is 7.73. The van der Waals surface area contributed by atoms with E-state index in [0.717, 1.165) is 5.69 Å². The summed E-state index contributed by atoms with van der Waals surface area (Å²) in [4.78, 5) is 27.7. The minimum Gasteiger partial charge on any atom is -0.406 e. The van der Waals surface area contributed by atoms with Gasteiger partial charge in [0.05, 0.1) is 5.56 Å². The van der Waals surface area contributed by atoms with Gasteiger partial charge in [-0.15, -0.1) is 13.2 Å². The van der Waals surface area contributed by atoms with Gasteiger partial charge in [0.15, 0.2) is 0 Å². The maximum atomic E-state index is 12.2. The minimum absolute atomic E-state index is 0.00601. The van der Waals surface area contributed by atoms with Crippen molar-refractivity contribution >= 4 is 11.6 Å². The SMILES string of the molecule is O=C(NC1CCN(c2ccc(OC(F)(F)F)cc2)CC1)c1ccc(=O)[nH]c1. The smallest absolute Gasteiger partial charge is 0.406 e. The van der Waals surface area contributed by atoms with Gasteiger partial charge < -0.3 is 19.9 Å². The van der Waals surface area contributed by atoms with Crippen molar-refractivity contribution in [2.45, 2.75) is 25.2 Å². The van der Waals surface area contributed by atoms with Gasteiger partial charge in [0.25, 0.3) is 5.91 Å². The number of alkyl halides is 3. The van der Waals surface area contributed by atoms with Gasteiger partial charge in [-0.1, -0.05) is 0 Å². The highest BCUT2D eigenvalue weighted by molar-refractivity contribution is 5.94. The molecular formula is C18H18F3N3O3. The second-order valence-electron chi connectivity index (χ2n) is 6.22. The number of benzene rings is 1. The molecule has 1 amide bonds. The van der Waals surface area contributed by atoms with E-state index in [1.807, 2.05) is 4.90 Å². The largest absolute Gasteiger partial charge is 0.573 e. The standard InChI is InChI=1S/C18H18F3N3O3/c19-18(20,21)27-15-4-2-14(3-5-15)24-9-7-13(8-10-24)23-17(26)12-1-6-16(25)22-11-12/h1-6,11,13H,7-10H2,(H,22,25)(H,23,26). The molecule has 1 aromatic carbocycles. The number of amides is 1. The van der Waals surface area contributed by atoms with Crippen LogP contribution in [0.3, 0.4) is 0 Å². The van der Waals surface area contributed by atoms with E-state index in [2.05, 4.69) is 15.0 Å². The molecule has 0 bridgehead atoms. The summed E-state index contributed by atoms with van der Waals surface area (Å²) < 4.78 is 40.5. The first-order valence-electron chi connectivity index (χ1n) is 8.40. The molecule has 27 heavy (non-hydrogen) atoms. The Labute approximate surface area is 152 Å². The Hall–Kier alpha value is -2.97. The normalized spacial score (nSPS) is 15.4. The van der Waals surface area contributed by atoms with Crippen molar-refractivity contribution in [3.8, 4) is 5.75 Å². The van der Waals surface area contributed by atoms with Crippen LogP contribution in [0.4, 0.5) is 18.9 Å². The average Bonchev–Trinajstić information content (AvgIpc) is 2.62. The molecule has 1 aliphatic heterocycles. The zero-order valence-electron chi connectivity index (χ0n) is 14.3. The average molecular weight is 381 g/mol. The zero-order chi connectivity index (χ0) is 19.4. The number of nitrogens with one attached hydrogen (secondary N) is 2. The van der Waals surface area contributed by atoms with Crippen LogP contribution in [0.1, 0.15) is 23.2 Å². The number of halogens is 3. The lowest BCUT2D eigenvalue weighted by Crippen LogP contribution is -2.44. The predicted octanol–water partition coefficient (Wildman–Crippen LogP) is 2.67. The lowest BCUT2D eigenvalue weighted by molar-refractivity contribution is -0.274. The second-order valence-corrected chi connectivity index (χ2v) is 6.22. The summed E-state index contributed by atoms with van der Waals surface area (Å²) in [7, 11) is 0. The molecule has 0 spiro atoms. The van der Waals surface area contributed by atoms with Gasteiger partial charge in [-0.05, 0) is 43.2 Å². The van der Waals surface area contributed by atoms with Crippen LogP contribution >= 0.6 is 0 Å². The van der Waals surface area contributed by atoms with Crippen LogP contribution < -0.4 is 20.5 Å². The number of aromatic nitrogens is 1. The first-order chi connectivity index (χ1) is 12.8. The molecule has 6 nitrogen and oxygen atoms in total. The van der Waals surface area contributed by atoms with E-state index in [1.54, 1.807) is 12.1 Å². The molecule has 2 N–H and O–H groups in total. The lowest BCUT2D eigenvalue weighted by Gasteiger charge is -2.34. The molecular weight excluding hydrogens is 363 g/mol. The Morgan fingerprint density at radius 2 is 1.78 bits per heavy atom. The monoisotopic (exact) mass is 381 g/mol. The first-order valence-corrected chi connectivity index (χ1v) is 8.40. The van der Waals surface area contributed by atoms with E-state index in [0.29, 0.717) is 31.5 Å². The van der Waals surface area contributed by atoms with E-state index in [1.165, 1.54) is 30.5 Å². The highest BCUT2D eigenvalue weighted by Gasteiger charge is 2.31. The maximum Gasteiger partial charge on any atom is 0.573 e. The van der Waals surface area contributed by atoms with Crippen molar-refractivity contribution in [2.75, 3.05) is 18.0 Å². The molecule has 0 unspecified atom stereocenters. The van der Waals surface area contributed by atoms with Crippen molar-refractivity contribution in [3.05, 3.63) is 58.5 Å². The Bertz CT molecular complexity index is 821. The molecule has 144 valence electrons. The number of pyridine rings is 1. The fourth-order valence-corrected chi connectivity index (χ4v) is 2.96. The summed E-state index contributed by atoms with van der Waals surface area (Å²) in [5, 5.41) is 2.93. The number of rotatable bonds is 4. The molecule has 1 aliphatic rings. The van der Waals surface area contributed by atoms with Gasteiger partial charge in [-0.3, -0.25) is 9.59 Å². The third kappa shape index (κ3) is 5.25. The maximum absolute atomic E-state index is 12.2. The van der Waals surface area contributed by atoms with Gasteiger partial charge in [-0.25, -0.2) is 0 Å². The lowest BCUT2D eigenvalue weighted by atomic mass is 10.0. The molecule has 1 saturated heterocycles. The van der Waals surface area contributed by atoms with Gasteiger partial charge in [-0.2, -0.15) is 0 Å². The summed E-state index contributed by atoms with van der Waals surface area (Å²) in [6, 6.07) is 8.49. The molecule has 0 atom stereocenters. The Morgan fingerprint density at radius 3 is 2.33 bits per heavy atom. The van der Waals surface area contributed by atoms with Gasteiger partial charge >= 0.3 is 6.36 Å². The molecule has 0 aliphatic carbocycles. The summed E-state index contributed by atoms with van der Waals surface area (Å²) >= 11 is 0. The van der Waals surface area contributed by atoms with Crippen molar-refractivity contribution < 1.29 is 22.7 Å². The fourth-order valence-electron chi connectivity index (χ4n) is 2.96. The number of aromatic amines is 1. The van der Waals surface area contributed by atoms with Crippen LogP contribution in [0.5, 0.6) is 5.75 Å². The molecule has 1 aromatic heterocycles. The summed E-state index contributed by atoms with van der Waals surface area (Å²) in [6.45, 7) is 1.33. The minimum atomic E-state index is -4.70. The van der Waals surface area contributed by atoms with E-state index >= 15 is 0 Å². The summed E-state index contributed by atoms with van der Waals surface area (Å²) in [6.07, 6.45) is -1.92. The number of H-pyrrole nitrogens is 1. The number of carbonyl (C=O) groups is 1. The van der Waals surface area contributed by atoms with Crippen LogP contribution in [-0.4, -0.2) is 36.4 Å². The van der Waals surface area contributed by atoms with Gasteiger partial charge in [0, 0.05) is 37.1 Å². The number of piperidine rings is 1. The topological polar surface area (TPSA) is 74.4 Å². The van der Waals surface area contributed by atoms with E-state index in [9.17, 15) is 22.8 Å². The number of nitrogens with zero attached hydrogens (tertiary/aromatic N) is 1. The number of hydrogen-bond donors (Lipinski definition) is 2. The highest BCUT2D eigenvalue weighted by Crippen LogP contribution is 2.26. The van der Waals surface area contributed by atoms with Crippen molar-refractivity contribution in [3.63, 3.8) is 0 Å². The molecule has 0 radical (unpaired) electrons. The molecule has 3 rings (SSSR count). The van der Waals surface area contributed by atoms with Gasteiger partial charge in [0.2, 0.25) is 5.56 Å². The van der Waals surface area contributed by atoms with Crippen LogP contribution in [0, 0.1) is 0 Å². The number of anilines is 1. The molecule has 2 aromatic rings. The highest BCUT2D eigenvalue weighted by atomic mass is 19.4. The van der Waals surface area contributed by atoms with E-state index in [-0.39, 0.29) is 23.3 Å². The number of ether oxygens (including phenoxy) is 1. The molecule has 1 fully saturated rings. The van der Waals surface area contributed by atoms with Crippen molar-refractivity contribution in [1.82, 2.24) is 10.3 Å². The molecule has 2 heterocycles. The van der Waals surface area contributed by atoms with E-state index < -0.39 is 6.36 Å². The molecule has 0 saturated carbocycles. The third-order valence-corrected chi connectivity index (χ3v) is 4.31. The Kier molecular flexibility index (Phi) is 5.38. The summed E-state index contributed by atoms with van der Waals surface area (Å²) in [5.74, 6) is -0.507. The zero-order valence-corrected chi connectivity index (χ0v) is 14.3. The number of carbonyl (C=O) groups excluding carboxylic acids is 1. The Morgan fingerprint density at radius 1 is 1.11 bits per heavy atom. The summed E-state index contributed by atoms with van der Waals surface area (Å²) in [5.41, 5.74) is 0.915. The first kappa shape index (κ1) is 18.8. The van der Waals surface area contributed by atoms with Crippen LogP contribution in [0.25, 0.3) is 0 Å². The van der Waals surface area contributed by atoms with Gasteiger partial charge in [0.1, 0.15) is 5.75 Å². The molecule has 9 heteroatoms. The third-order valence-electron chi connectivity index (χ3n) is 4.31. The van der Waals surface area contributed by atoms with E-state index in [4.69, 9.17) is 0 Å². The number of hydrogen-bond acceptors (Lipinski definition) is 4. The van der Waals surface area contributed by atoms with Crippen LogP contribution in [0.15, 0.2) is 47.4 Å². The Balaban J connectivity index is 1.52. The van der Waals surface area contributed by atoms with Crippen LogP contribution in [-0.2, 0) is 0 Å². The fraction of sp³-hybridized carbons (Fsp3) is 0.333.